The maximum atomic E-state index is 6.63. The quantitative estimate of drug-likeness (QED) is 0.163. The largest absolute Gasteiger partial charge is 0.456 e. The second-order valence-corrected chi connectivity index (χ2v) is 16.0. The molecule has 0 aliphatic carbocycles. The van der Waals surface area contributed by atoms with Crippen LogP contribution in [0.5, 0.6) is 0 Å². The summed E-state index contributed by atoms with van der Waals surface area (Å²) in [5, 5.41) is 11.3. The van der Waals surface area contributed by atoms with Crippen LogP contribution in [0.15, 0.2) is 211 Å². The van der Waals surface area contributed by atoms with Crippen LogP contribution < -0.4 is 0 Å². The number of rotatable bonds is 5. The van der Waals surface area contributed by atoms with Crippen LogP contribution >= 0.6 is 0 Å². The molecule has 62 heavy (non-hydrogen) atoms. The summed E-state index contributed by atoms with van der Waals surface area (Å²) in [6, 6.07) is 72.8. The van der Waals surface area contributed by atoms with E-state index >= 15 is 0 Å². The Hall–Kier alpha value is -8.41. The Labute approximate surface area is 355 Å². The molecule has 13 rings (SSSR count). The summed E-state index contributed by atoms with van der Waals surface area (Å²) >= 11 is 0. The first-order valence-electron chi connectivity index (χ1n) is 20.9. The average Bonchev–Trinajstić information content (AvgIpc) is 3.87. The average molecular weight is 791 g/mol. The van der Waals surface area contributed by atoms with Gasteiger partial charge in [0.2, 0.25) is 0 Å². The lowest BCUT2D eigenvalue weighted by molar-refractivity contribution is 0.668. The van der Waals surface area contributed by atoms with E-state index in [-0.39, 0.29) is 0 Å². The van der Waals surface area contributed by atoms with E-state index in [1.807, 2.05) is 18.2 Å². The van der Waals surface area contributed by atoms with Crippen LogP contribution in [0.2, 0.25) is 0 Å². The standard InChI is InChI=1S/C57H34N4O/c1-2-14-35(15-3-1)36-26-28-37(29-27-36)55-58-56(48-31-40-18-6-7-19-41(40)42-20-8-9-21-43(42)48)60-57(59-55)49-33-47-45-23-11-13-25-53(45)62-54(47)34-52(49)61-50-24-12-10-22-44(50)46-30-38-16-4-5-17-39(38)32-51(46)61/h1-34H. The van der Waals surface area contributed by atoms with Gasteiger partial charge in [-0.15, -0.1) is 0 Å². The summed E-state index contributed by atoms with van der Waals surface area (Å²) in [6.07, 6.45) is 0. The Morgan fingerprint density at radius 1 is 0.306 bits per heavy atom. The molecule has 10 aromatic carbocycles. The Morgan fingerprint density at radius 3 is 1.69 bits per heavy atom. The molecule has 3 heterocycles. The molecule has 0 saturated carbocycles. The van der Waals surface area contributed by atoms with E-state index in [2.05, 4.69) is 193 Å². The number of hydrogen-bond donors (Lipinski definition) is 0. The summed E-state index contributed by atoms with van der Waals surface area (Å²) in [6.45, 7) is 0. The topological polar surface area (TPSA) is 56.7 Å². The van der Waals surface area contributed by atoms with Crippen molar-refractivity contribution >= 4 is 76.1 Å². The van der Waals surface area contributed by atoms with Crippen molar-refractivity contribution < 1.29 is 4.42 Å². The first kappa shape index (κ1) is 34.5. The molecule has 5 nitrogen and oxygen atoms in total. The van der Waals surface area contributed by atoms with Gasteiger partial charge in [0.15, 0.2) is 17.5 Å². The first-order chi connectivity index (χ1) is 30.7. The number of hydrogen-bond acceptors (Lipinski definition) is 4. The van der Waals surface area contributed by atoms with Crippen molar-refractivity contribution in [2.24, 2.45) is 0 Å². The maximum absolute atomic E-state index is 6.63. The van der Waals surface area contributed by atoms with Gasteiger partial charge >= 0.3 is 0 Å². The predicted octanol–water partition coefficient (Wildman–Crippen LogP) is 15.0. The van der Waals surface area contributed by atoms with Gasteiger partial charge in [0.25, 0.3) is 0 Å². The SMILES string of the molecule is c1ccc(-c2ccc(-c3nc(-c4cc5c(cc4-n4c6ccccc6c6cc7ccccc7cc64)oc4ccccc45)nc(-c4cc5ccccc5c5ccccc45)n3)cc2)cc1. The highest BCUT2D eigenvalue weighted by Gasteiger charge is 2.23. The number of aromatic nitrogens is 4. The molecule has 0 aliphatic rings. The number of furan rings is 1. The van der Waals surface area contributed by atoms with E-state index in [0.717, 1.165) is 82.6 Å². The zero-order valence-corrected chi connectivity index (χ0v) is 33.3. The van der Waals surface area contributed by atoms with Gasteiger partial charge in [0.05, 0.1) is 16.7 Å². The first-order valence-corrected chi connectivity index (χ1v) is 20.9. The molecular formula is C57H34N4O. The molecule has 0 unspecified atom stereocenters. The van der Waals surface area contributed by atoms with Crippen molar-refractivity contribution in [3.05, 3.63) is 206 Å². The summed E-state index contributed by atoms with van der Waals surface area (Å²) in [5.74, 6) is 1.77. The minimum Gasteiger partial charge on any atom is -0.456 e. The van der Waals surface area contributed by atoms with Crippen molar-refractivity contribution in [3.63, 3.8) is 0 Å². The minimum atomic E-state index is 0.572. The molecule has 5 heteroatoms. The summed E-state index contributed by atoms with van der Waals surface area (Å²) in [7, 11) is 0. The number of fused-ring (bicyclic) bond motifs is 10. The molecule has 0 saturated heterocycles. The van der Waals surface area contributed by atoms with E-state index in [1.165, 1.54) is 26.9 Å². The van der Waals surface area contributed by atoms with Crippen molar-refractivity contribution in [2.45, 2.75) is 0 Å². The van der Waals surface area contributed by atoms with E-state index in [0.29, 0.717) is 17.5 Å². The molecule has 0 amide bonds. The van der Waals surface area contributed by atoms with Crippen LogP contribution in [0.1, 0.15) is 0 Å². The molecule has 0 fully saturated rings. The molecule has 0 aliphatic heterocycles. The lowest BCUT2D eigenvalue weighted by Gasteiger charge is -2.16. The van der Waals surface area contributed by atoms with Crippen LogP contribution in [0.4, 0.5) is 0 Å². The fourth-order valence-corrected chi connectivity index (χ4v) is 9.47. The fraction of sp³-hybridized carbons (Fsp3) is 0. The van der Waals surface area contributed by atoms with Crippen molar-refractivity contribution in [3.8, 4) is 51.0 Å². The number of benzene rings is 10. The van der Waals surface area contributed by atoms with E-state index in [4.69, 9.17) is 19.4 Å². The highest BCUT2D eigenvalue weighted by Crippen LogP contribution is 2.42. The van der Waals surface area contributed by atoms with Gasteiger partial charge in [-0.2, -0.15) is 0 Å². The van der Waals surface area contributed by atoms with Gasteiger partial charge in [0, 0.05) is 44.3 Å². The molecule has 288 valence electrons. The Balaban J connectivity index is 1.14. The lowest BCUT2D eigenvalue weighted by Crippen LogP contribution is -2.04. The number of para-hydroxylation sites is 2. The van der Waals surface area contributed by atoms with Crippen LogP contribution in [0, 0.1) is 0 Å². The third kappa shape index (κ3) is 5.38. The molecule has 0 atom stereocenters. The normalized spacial score (nSPS) is 11.9. The van der Waals surface area contributed by atoms with Crippen molar-refractivity contribution in [1.82, 2.24) is 19.5 Å². The highest BCUT2D eigenvalue weighted by atomic mass is 16.3. The van der Waals surface area contributed by atoms with E-state index in [1.54, 1.807) is 0 Å². The van der Waals surface area contributed by atoms with Gasteiger partial charge in [-0.05, 0) is 79.8 Å². The molecular weight excluding hydrogens is 757 g/mol. The molecule has 13 aromatic rings. The maximum Gasteiger partial charge on any atom is 0.166 e. The molecule has 0 radical (unpaired) electrons. The van der Waals surface area contributed by atoms with Crippen molar-refractivity contribution in [2.75, 3.05) is 0 Å². The molecule has 0 spiro atoms. The second-order valence-electron chi connectivity index (χ2n) is 16.0. The van der Waals surface area contributed by atoms with E-state index in [9.17, 15) is 0 Å². The highest BCUT2D eigenvalue weighted by molar-refractivity contribution is 6.16. The monoisotopic (exact) mass is 790 g/mol. The zero-order chi connectivity index (χ0) is 40.7. The van der Waals surface area contributed by atoms with Gasteiger partial charge < -0.3 is 8.98 Å². The smallest absolute Gasteiger partial charge is 0.166 e. The molecule has 0 N–H and O–H groups in total. The zero-order valence-electron chi connectivity index (χ0n) is 33.3. The lowest BCUT2D eigenvalue weighted by atomic mass is 9.96. The van der Waals surface area contributed by atoms with Crippen LogP contribution in [0.25, 0.3) is 127 Å². The summed E-state index contributed by atoms with van der Waals surface area (Å²) in [4.78, 5) is 16.3. The predicted molar refractivity (Wildman–Crippen MR) is 256 cm³/mol. The van der Waals surface area contributed by atoms with Gasteiger partial charge in [0.1, 0.15) is 11.2 Å². The second kappa shape index (κ2) is 13.6. The molecule has 0 bridgehead atoms. The van der Waals surface area contributed by atoms with E-state index < -0.39 is 0 Å². The minimum absolute atomic E-state index is 0.572. The van der Waals surface area contributed by atoms with Crippen LogP contribution in [-0.2, 0) is 0 Å². The van der Waals surface area contributed by atoms with Gasteiger partial charge in [-0.1, -0.05) is 164 Å². The van der Waals surface area contributed by atoms with Crippen LogP contribution in [0.3, 0.4) is 0 Å². The summed E-state index contributed by atoms with van der Waals surface area (Å²) < 4.78 is 9.00. The Morgan fingerprint density at radius 2 is 0.887 bits per heavy atom. The fourth-order valence-electron chi connectivity index (χ4n) is 9.47. The Kier molecular flexibility index (Phi) is 7.54. The molecule has 3 aromatic heterocycles. The Bertz CT molecular complexity index is 3920. The third-order valence-corrected chi connectivity index (χ3v) is 12.4. The number of nitrogens with zero attached hydrogens (tertiary/aromatic N) is 4. The van der Waals surface area contributed by atoms with Crippen LogP contribution in [-0.4, -0.2) is 19.5 Å². The van der Waals surface area contributed by atoms with Gasteiger partial charge in [-0.3, -0.25) is 0 Å². The van der Waals surface area contributed by atoms with Gasteiger partial charge in [-0.25, -0.2) is 15.0 Å². The van der Waals surface area contributed by atoms with Crippen molar-refractivity contribution in [1.29, 1.82) is 0 Å². The summed E-state index contributed by atoms with van der Waals surface area (Å²) in [5.41, 5.74) is 9.73. The third-order valence-electron chi connectivity index (χ3n) is 12.4.